The predicted molar refractivity (Wildman–Crippen MR) is 140 cm³/mol. The van der Waals surface area contributed by atoms with E-state index in [0.29, 0.717) is 33.5 Å². The van der Waals surface area contributed by atoms with Gasteiger partial charge >= 0.3 is 5.69 Å². The lowest BCUT2D eigenvalue weighted by atomic mass is 10.1. The summed E-state index contributed by atoms with van der Waals surface area (Å²) in [5.74, 6) is -1.10. The molecule has 0 saturated heterocycles. The first kappa shape index (κ1) is 23.7. The van der Waals surface area contributed by atoms with E-state index in [1.165, 1.54) is 9.47 Å². The summed E-state index contributed by atoms with van der Waals surface area (Å²) < 4.78 is 2.36. The van der Waals surface area contributed by atoms with E-state index < -0.39 is 17.2 Å². The number of hydrogen-bond donors (Lipinski definition) is 2. The zero-order valence-corrected chi connectivity index (χ0v) is 19.9. The summed E-state index contributed by atoms with van der Waals surface area (Å²) in [6, 6.07) is 20.0. The molecule has 0 fully saturated rings. The molecule has 0 unspecified atom stereocenters. The summed E-state index contributed by atoms with van der Waals surface area (Å²) in [6.07, 6.45) is 0. The first-order chi connectivity index (χ1) is 17.9. The topological polar surface area (TPSA) is 123 Å². The van der Waals surface area contributed by atoms with E-state index in [9.17, 15) is 24.0 Å². The van der Waals surface area contributed by atoms with E-state index in [1.54, 1.807) is 79.7 Å². The predicted octanol–water partition coefficient (Wildman–Crippen LogP) is 2.42. The first-order valence-corrected chi connectivity index (χ1v) is 11.7. The molecule has 2 heterocycles. The molecule has 37 heavy (non-hydrogen) atoms. The van der Waals surface area contributed by atoms with Gasteiger partial charge in [0.1, 0.15) is 13.1 Å². The second-order valence-electron chi connectivity index (χ2n) is 8.52. The minimum absolute atomic E-state index is 0.100. The van der Waals surface area contributed by atoms with Gasteiger partial charge < -0.3 is 10.6 Å². The smallest absolute Gasteiger partial charge is 0.325 e. The molecule has 1 aliphatic heterocycles. The van der Waals surface area contributed by atoms with Crippen molar-refractivity contribution in [1.29, 1.82) is 0 Å². The highest BCUT2D eigenvalue weighted by molar-refractivity contribution is 6.15. The fraction of sp³-hybridized carbons (Fsp3) is 0.148. The highest BCUT2D eigenvalue weighted by Gasteiger charge is 2.27. The van der Waals surface area contributed by atoms with Crippen LogP contribution < -0.4 is 26.8 Å². The van der Waals surface area contributed by atoms with Crippen molar-refractivity contribution in [3.63, 3.8) is 0 Å². The summed E-state index contributed by atoms with van der Waals surface area (Å²) in [5, 5.41) is 5.83. The number of rotatable bonds is 5. The Morgan fingerprint density at radius 1 is 0.892 bits per heavy atom. The number of carbonyl (C=O) groups excluding carboxylic acids is 3. The zero-order valence-electron chi connectivity index (χ0n) is 19.9. The lowest BCUT2D eigenvalue weighted by Crippen LogP contribution is -2.42. The van der Waals surface area contributed by atoms with Crippen molar-refractivity contribution in [3.05, 3.63) is 99.2 Å². The first-order valence-electron chi connectivity index (χ1n) is 11.7. The Bertz CT molecular complexity index is 1670. The van der Waals surface area contributed by atoms with E-state index in [0.717, 1.165) is 4.57 Å². The number of carbonyl (C=O) groups is 3. The minimum Gasteiger partial charge on any atom is -0.325 e. The Kier molecular flexibility index (Phi) is 6.14. The van der Waals surface area contributed by atoms with Crippen LogP contribution in [0.5, 0.6) is 0 Å². The van der Waals surface area contributed by atoms with E-state index in [4.69, 9.17) is 0 Å². The third kappa shape index (κ3) is 4.40. The van der Waals surface area contributed by atoms with Crippen molar-refractivity contribution in [2.24, 2.45) is 0 Å². The second kappa shape index (κ2) is 9.57. The maximum Gasteiger partial charge on any atom is 0.331 e. The van der Waals surface area contributed by atoms with Crippen LogP contribution in [0, 0.1) is 0 Å². The highest BCUT2D eigenvalue weighted by atomic mass is 16.2. The molecule has 2 N–H and O–H groups in total. The summed E-state index contributed by atoms with van der Waals surface area (Å²) in [4.78, 5) is 64.9. The van der Waals surface area contributed by atoms with Crippen LogP contribution in [0.1, 0.15) is 17.3 Å². The Balaban J connectivity index is 1.35. The molecular weight excluding hydrogens is 474 g/mol. The molecule has 186 valence electrons. The average Bonchev–Trinajstić information content (AvgIpc) is 2.91. The van der Waals surface area contributed by atoms with Crippen LogP contribution in [0.25, 0.3) is 10.9 Å². The maximum absolute atomic E-state index is 13.1. The van der Waals surface area contributed by atoms with E-state index in [2.05, 4.69) is 10.6 Å². The van der Waals surface area contributed by atoms with Crippen molar-refractivity contribution in [2.75, 3.05) is 22.1 Å². The molecule has 0 saturated carbocycles. The van der Waals surface area contributed by atoms with Crippen molar-refractivity contribution in [2.45, 2.75) is 20.0 Å². The summed E-state index contributed by atoms with van der Waals surface area (Å²) in [5.41, 5.74) is 1.37. The van der Waals surface area contributed by atoms with Crippen molar-refractivity contribution in [3.8, 4) is 0 Å². The Hall–Kier alpha value is -4.99. The number of benzene rings is 3. The summed E-state index contributed by atoms with van der Waals surface area (Å²) >= 11 is 0. The molecule has 0 aliphatic carbocycles. The van der Waals surface area contributed by atoms with Gasteiger partial charge in [-0.25, -0.2) is 4.79 Å². The molecule has 3 aromatic carbocycles. The number of hydrogen-bond acceptors (Lipinski definition) is 5. The minimum atomic E-state index is -0.562. The largest absolute Gasteiger partial charge is 0.331 e. The number of amides is 3. The van der Waals surface area contributed by atoms with Gasteiger partial charge in [-0.15, -0.1) is 0 Å². The molecule has 0 spiro atoms. The monoisotopic (exact) mass is 497 g/mol. The lowest BCUT2D eigenvalue weighted by molar-refractivity contribution is -0.117. The van der Waals surface area contributed by atoms with Crippen LogP contribution in [0.3, 0.4) is 0 Å². The Morgan fingerprint density at radius 3 is 2.35 bits per heavy atom. The molecule has 1 aromatic heterocycles. The van der Waals surface area contributed by atoms with Gasteiger partial charge in [0.25, 0.3) is 11.5 Å². The summed E-state index contributed by atoms with van der Waals surface area (Å²) in [6.45, 7) is 1.49. The number of nitrogens with one attached hydrogen (secondary N) is 2. The molecule has 0 bridgehead atoms. The molecule has 5 rings (SSSR count). The van der Waals surface area contributed by atoms with E-state index in [-0.39, 0.29) is 31.4 Å². The number of aromatic nitrogens is 2. The van der Waals surface area contributed by atoms with Crippen LogP contribution in [0.15, 0.2) is 82.4 Å². The Morgan fingerprint density at radius 2 is 1.59 bits per heavy atom. The molecule has 10 heteroatoms. The zero-order chi connectivity index (χ0) is 26.1. The number of nitrogens with zero attached hydrogens (tertiary/aromatic N) is 3. The van der Waals surface area contributed by atoms with Crippen LogP contribution in [0.2, 0.25) is 0 Å². The normalized spacial score (nSPS) is 12.7. The Labute approximate surface area is 210 Å². The van der Waals surface area contributed by atoms with Gasteiger partial charge in [-0.2, -0.15) is 0 Å². The number of para-hydroxylation sites is 3. The molecular formula is C27H23N5O5. The van der Waals surface area contributed by atoms with E-state index >= 15 is 0 Å². The summed E-state index contributed by atoms with van der Waals surface area (Å²) in [7, 11) is 0. The highest BCUT2D eigenvalue weighted by Crippen LogP contribution is 2.30. The lowest BCUT2D eigenvalue weighted by Gasteiger charge is -2.29. The molecule has 1 aliphatic rings. The van der Waals surface area contributed by atoms with Gasteiger partial charge in [0.2, 0.25) is 11.8 Å². The second-order valence-corrected chi connectivity index (χ2v) is 8.52. The average molecular weight is 498 g/mol. The number of fused-ring (bicyclic) bond motifs is 2. The van der Waals surface area contributed by atoms with Crippen LogP contribution in [-0.4, -0.2) is 33.4 Å². The molecule has 0 radical (unpaired) electrons. The van der Waals surface area contributed by atoms with Gasteiger partial charge in [0.05, 0.1) is 22.3 Å². The third-order valence-corrected chi connectivity index (χ3v) is 6.18. The fourth-order valence-corrected chi connectivity index (χ4v) is 4.41. The SMILES string of the molecule is CCn1c(=O)c2ccccc2n(CC(=O)Nc2ccc(C(=O)N3CC(=O)Nc4ccccc43)cc2)c1=O. The van der Waals surface area contributed by atoms with Crippen LogP contribution in [-0.2, 0) is 22.7 Å². The maximum atomic E-state index is 13.1. The van der Waals surface area contributed by atoms with Crippen molar-refractivity contribution in [1.82, 2.24) is 9.13 Å². The molecule has 10 nitrogen and oxygen atoms in total. The van der Waals surface area contributed by atoms with Crippen LogP contribution in [0.4, 0.5) is 17.1 Å². The number of anilines is 3. The van der Waals surface area contributed by atoms with Gasteiger partial charge in [0.15, 0.2) is 0 Å². The van der Waals surface area contributed by atoms with Crippen molar-refractivity contribution >= 4 is 45.7 Å². The van der Waals surface area contributed by atoms with Gasteiger partial charge in [0, 0.05) is 17.8 Å². The third-order valence-electron chi connectivity index (χ3n) is 6.18. The van der Waals surface area contributed by atoms with E-state index in [1.807, 2.05) is 0 Å². The van der Waals surface area contributed by atoms with Crippen LogP contribution >= 0.6 is 0 Å². The van der Waals surface area contributed by atoms with Gasteiger partial charge in [-0.05, 0) is 55.5 Å². The molecule has 4 aromatic rings. The van der Waals surface area contributed by atoms with Crippen molar-refractivity contribution < 1.29 is 14.4 Å². The fourth-order valence-electron chi connectivity index (χ4n) is 4.41. The molecule has 3 amide bonds. The quantitative estimate of drug-likeness (QED) is 0.439. The molecule has 0 atom stereocenters. The van der Waals surface area contributed by atoms with Gasteiger partial charge in [-0.3, -0.25) is 33.2 Å². The standard InChI is InChI=1S/C27H23N5O5/c1-2-30-26(36)19-7-3-5-9-21(19)32(27(30)37)16-23(33)28-18-13-11-17(12-14-18)25(35)31-15-24(34)29-20-8-4-6-10-22(20)31/h3-14H,2,15-16H2,1H3,(H,28,33)(H,29,34). The van der Waals surface area contributed by atoms with Gasteiger partial charge in [-0.1, -0.05) is 24.3 Å².